The summed E-state index contributed by atoms with van der Waals surface area (Å²) >= 11 is 3.44. The van der Waals surface area contributed by atoms with E-state index in [0.29, 0.717) is 6.54 Å². The van der Waals surface area contributed by atoms with Crippen molar-refractivity contribution in [3.05, 3.63) is 76.8 Å². The van der Waals surface area contributed by atoms with E-state index in [9.17, 15) is 0 Å². The van der Waals surface area contributed by atoms with Gasteiger partial charge in [-0.05, 0) is 29.8 Å². The Hall–Kier alpha value is -2.73. The average molecular weight is 380 g/mol. The van der Waals surface area contributed by atoms with Crippen molar-refractivity contribution in [2.75, 3.05) is 5.32 Å². The van der Waals surface area contributed by atoms with Crippen LogP contribution in [0.2, 0.25) is 0 Å². The molecule has 0 fully saturated rings. The van der Waals surface area contributed by atoms with E-state index in [1.807, 2.05) is 54.6 Å². The molecule has 0 aliphatic carbocycles. The second kappa shape index (κ2) is 6.41. The molecule has 0 amide bonds. The maximum Gasteiger partial charge on any atom is 0.185 e. The van der Waals surface area contributed by atoms with Crippen molar-refractivity contribution in [2.45, 2.75) is 6.54 Å². The number of nitrogens with one attached hydrogen (secondary N) is 1. The van der Waals surface area contributed by atoms with Gasteiger partial charge in [-0.15, -0.1) is 15.3 Å². The SMILES string of the molecule is Brc1ccc(CNc2ccc3nnc(-c4ccccc4)n3n2)cc1. The summed E-state index contributed by atoms with van der Waals surface area (Å²) in [5.41, 5.74) is 2.90. The van der Waals surface area contributed by atoms with E-state index in [4.69, 9.17) is 0 Å². The first-order chi connectivity index (χ1) is 11.8. The van der Waals surface area contributed by atoms with Gasteiger partial charge in [0.05, 0.1) is 0 Å². The first-order valence-corrected chi connectivity index (χ1v) is 8.35. The van der Waals surface area contributed by atoms with Crippen molar-refractivity contribution in [3.8, 4) is 11.4 Å². The van der Waals surface area contributed by atoms with Crippen molar-refractivity contribution >= 4 is 27.4 Å². The van der Waals surface area contributed by atoms with Crippen molar-refractivity contribution < 1.29 is 0 Å². The molecule has 6 heteroatoms. The topological polar surface area (TPSA) is 55.1 Å². The fourth-order valence-electron chi connectivity index (χ4n) is 2.45. The zero-order valence-electron chi connectivity index (χ0n) is 12.7. The van der Waals surface area contributed by atoms with Crippen LogP contribution in [0.3, 0.4) is 0 Å². The van der Waals surface area contributed by atoms with Crippen LogP contribution >= 0.6 is 15.9 Å². The number of hydrogen-bond acceptors (Lipinski definition) is 4. The molecule has 1 N–H and O–H groups in total. The third-order valence-electron chi connectivity index (χ3n) is 3.68. The summed E-state index contributed by atoms with van der Waals surface area (Å²) in [6.45, 7) is 0.703. The molecule has 0 aliphatic heterocycles. The van der Waals surface area contributed by atoms with Crippen LogP contribution in [0.5, 0.6) is 0 Å². The molecule has 4 aromatic rings. The Balaban J connectivity index is 1.61. The second-order valence-corrected chi connectivity index (χ2v) is 6.27. The fraction of sp³-hybridized carbons (Fsp3) is 0.0556. The molecule has 0 bridgehead atoms. The van der Waals surface area contributed by atoms with Crippen molar-refractivity contribution in [1.82, 2.24) is 19.8 Å². The summed E-state index contributed by atoms with van der Waals surface area (Å²) in [6.07, 6.45) is 0. The van der Waals surface area contributed by atoms with Gasteiger partial charge in [-0.2, -0.15) is 4.52 Å². The number of fused-ring (bicyclic) bond motifs is 1. The molecule has 4 rings (SSSR count). The fourth-order valence-corrected chi connectivity index (χ4v) is 2.71. The van der Waals surface area contributed by atoms with Crippen LogP contribution < -0.4 is 5.32 Å². The molecule has 24 heavy (non-hydrogen) atoms. The lowest BCUT2D eigenvalue weighted by molar-refractivity contribution is 0.925. The number of anilines is 1. The highest BCUT2D eigenvalue weighted by atomic mass is 79.9. The number of rotatable bonds is 4. The minimum absolute atomic E-state index is 0.703. The summed E-state index contributed by atoms with van der Waals surface area (Å²) in [7, 11) is 0. The minimum atomic E-state index is 0.703. The smallest absolute Gasteiger partial charge is 0.185 e. The van der Waals surface area contributed by atoms with Crippen molar-refractivity contribution in [2.24, 2.45) is 0 Å². The van der Waals surface area contributed by atoms with Gasteiger partial charge >= 0.3 is 0 Å². The predicted octanol–water partition coefficient (Wildman–Crippen LogP) is 4.17. The van der Waals surface area contributed by atoms with Crippen LogP contribution in [-0.4, -0.2) is 19.8 Å². The standard InChI is InChI=1S/C18H14BrN5/c19-15-8-6-13(7-9-15)12-20-16-10-11-17-21-22-18(24(17)23-16)14-4-2-1-3-5-14/h1-11H,12H2,(H,20,23). The van der Waals surface area contributed by atoms with E-state index < -0.39 is 0 Å². The van der Waals surface area contributed by atoms with E-state index in [1.54, 1.807) is 4.52 Å². The van der Waals surface area contributed by atoms with Gasteiger partial charge in [-0.3, -0.25) is 0 Å². The molecule has 0 radical (unpaired) electrons. The maximum atomic E-state index is 4.62. The molecule has 2 aromatic heterocycles. The summed E-state index contributed by atoms with van der Waals surface area (Å²) < 4.78 is 2.84. The van der Waals surface area contributed by atoms with Crippen LogP contribution in [0, 0.1) is 0 Å². The van der Waals surface area contributed by atoms with Gasteiger partial charge < -0.3 is 5.32 Å². The Bertz CT molecular complexity index is 964. The lowest BCUT2D eigenvalue weighted by Gasteiger charge is -2.07. The monoisotopic (exact) mass is 379 g/mol. The Morgan fingerprint density at radius 3 is 2.46 bits per heavy atom. The zero-order chi connectivity index (χ0) is 16.4. The molecule has 0 spiro atoms. The Morgan fingerprint density at radius 2 is 1.67 bits per heavy atom. The summed E-state index contributed by atoms with van der Waals surface area (Å²) in [5.74, 6) is 1.51. The van der Waals surface area contributed by atoms with Gasteiger partial charge in [-0.1, -0.05) is 58.4 Å². The van der Waals surface area contributed by atoms with Crippen LogP contribution in [0.25, 0.3) is 17.0 Å². The molecule has 2 heterocycles. The molecule has 0 unspecified atom stereocenters. The highest BCUT2D eigenvalue weighted by Gasteiger charge is 2.09. The molecule has 5 nitrogen and oxygen atoms in total. The number of hydrogen-bond donors (Lipinski definition) is 1. The van der Waals surface area contributed by atoms with Crippen LogP contribution in [0.1, 0.15) is 5.56 Å². The van der Waals surface area contributed by atoms with Crippen LogP contribution in [-0.2, 0) is 6.54 Å². The molecule has 2 aromatic carbocycles. The van der Waals surface area contributed by atoms with Crippen LogP contribution in [0.15, 0.2) is 71.2 Å². The molecule has 0 atom stereocenters. The summed E-state index contributed by atoms with van der Waals surface area (Å²) in [4.78, 5) is 0. The Kier molecular flexibility index (Phi) is 3.96. The first kappa shape index (κ1) is 14.8. The second-order valence-electron chi connectivity index (χ2n) is 5.36. The van der Waals surface area contributed by atoms with Gasteiger partial charge in [0.1, 0.15) is 5.82 Å². The quantitative estimate of drug-likeness (QED) is 0.578. The molecule has 0 saturated heterocycles. The van der Waals surface area contributed by atoms with E-state index in [2.05, 4.69) is 48.7 Å². The first-order valence-electron chi connectivity index (χ1n) is 7.56. The average Bonchev–Trinajstić information content (AvgIpc) is 3.05. The number of nitrogens with zero attached hydrogens (tertiary/aromatic N) is 4. The Morgan fingerprint density at radius 1 is 0.875 bits per heavy atom. The van der Waals surface area contributed by atoms with E-state index in [-0.39, 0.29) is 0 Å². The molecular formula is C18H14BrN5. The Labute approximate surface area is 147 Å². The van der Waals surface area contributed by atoms with Gasteiger partial charge in [0.15, 0.2) is 11.5 Å². The van der Waals surface area contributed by atoms with Gasteiger partial charge in [0.2, 0.25) is 0 Å². The van der Waals surface area contributed by atoms with Crippen LogP contribution in [0.4, 0.5) is 5.82 Å². The largest absolute Gasteiger partial charge is 0.365 e. The number of benzene rings is 2. The highest BCUT2D eigenvalue weighted by molar-refractivity contribution is 9.10. The third kappa shape index (κ3) is 3.00. The van der Waals surface area contributed by atoms with E-state index in [1.165, 1.54) is 5.56 Å². The summed E-state index contributed by atoms with van der Waals surface area (Å²) in [6, 6.07) is 22.0. The lowest BCUT2D eigenvalue weighted by atomic mass is 10.2. The molecule has 0 saturated carbocycles. The van der Waals surface area contributed by atoms with Crippen molar-refractivity contribution in [1.29, 1.82) is 0 Å². The van der Waals surface area contributed by atoms with E-state index in [0.717, 1.165) is 27.3 Å². The number of halogens is 1. The summed E-state index contributed by atoms with van der Waals surface area (Å²) in [5, 5.41) is 16.4. The van der Waals surface area contributed by atoms with Crippen molar-refractivity contribution in [3.63, 3.8) is 0 Å². The highest BCUT2D eigenvalue weighted by Crippen LogP contribution is 2.18. The third-order valence-corrected chi connectivity index (χ3v) is 4.21. The minimum Gasteiger partial charge on any atom is -0.365 e. The normalized spacial score (nSPS) is 10.9. The zero-order valence-corrected chi connectivity index (χ0v) is 14.3. The molecule has 118 valence electrons. The lowest BCUT2D eigenvalue weighted by Crippen LogP contribution is -2.04. The molecular weight excluding hydrogens is 366 g/mol. The van der Waals surface area contributed by atoms with Gasteiger partial charge in [-0.25, -0.2) is 0 Å². The maximum absolute atomic E-state index is 4.62. The van der Waals surface area contributed by atoms with Gasteiger partial charge in [0.25, 0.3) is 0 Å². The molecule has 0 aliphatic rings. The van der Waals surface area contributed by atoms with E-state index >= 15 is 0 Å². The predicted molar refractivity (Wildman–Crippen MR) is 97.7 cm³/mol. The number of aromatic nitrogens is 4. The van der Waals surface area contributed by atoms with Gasteiger partial charge in [0, 0.05) is 16.6 Å².